The summed E-state index contributed by atoms with van der Waals surface area (Å²) in [5, 5.41) is 0. The van der Waals surface area contributed by atoms with Gasteiger partial charge in [0.2, 0.25) is 0 Å². The van der Waals surface area contributed by atoms with E-state index in [1.54, 1.807) is 7.11 Å². The number of furan rings is 1. The zero-order chi connectivity index (χ0) is 13.5. The molecule has 6 nitrogen and oxygen atoms in total. The van der Waals surface area contributed by atoms with Crippen LogP contribution in [0.15, 0.2) is 10.5 Å². The Morgan fingerprint density at radius 1 is 1.61 bits per heavy atom. The second-order valence-electron chi connectivity index (χ2n) is 4.06. The molecule has 1 rings (SSSR count). The predicted molar refractivity (Wildman–Crippen MR) is 67.9 cm³/mol. The molecule has 6 heteroatoms. The fourth-order valence-electron chi connectivity index (χ4n) is 1.71. The van der Waals surface area contributed by atoms with Gasteiger partial charge < -0.3 is 9.15 Å². The number of nitrogen functional groups attached to an aromatic ring is 1. The summed E-state index contributed by atoms with van der Waals surface area (Å²) in [6, 6.07) is 1.86. The summed E-state index contributed by atoms with van der Waals surface area (Å²) in [6.45, 7) is 6.93. The highest BCUT2D eigenvalue weighted by Gasteiger charge is 2.15. The van der Waals surface area contributed by atoms with Crippen molar-refractivity contribution in [2.24, 2.45) is 5.84 Å². The number of nitrogens with two attached hydrogens (primary N) is 1. The highest BCUT2D eigenvalue weighted by atomic mass is 16.5. The molecule has 0 fully saturated rings. The maximum atomic E-state index is 11.4. The molecule has 102 valence electrons. The third-order valence-corrected chi connectivity index (χ3v) is 2.74. The summed E-state index contributed by atoms with van der Waals surface area (Å²) in [7, 11) is 1.68. The van der Waals surface area contributed by atoms with Crippen LogP contribution in [0.1, 0.15) is 28.8 Å². The number of amides is 1. The largest absolute Gasteiger partial charge is 0.454 e. The van der Waals surface area contributed by atoms with E-state index >= 15 is 0 Å². The number of methoxy groups -OCH3 is 1. The summed E-state index contributed by atoms with van der Waals surface area (Å²) in [5.41, 5.74) is 2.86. The molecule has 18 heavy (non-hydrogen) atoms. The van der Waals surface area contributed by atoms with Crippen LogP contribution in [-0.4, -0.2) is 37.6 Å². The van der Waals surface area contributed by atoms with Crippen LogP contribution in [0.4, 0.5) is 0 Å². The van der Waals surface area contributed by atoms with Crippen LogP contribution in [-0.2, 0) is 11.3 Å². The Balaban J connectivity index is 2.69. The van der Waals surface area contributed by atoms with Crippen molar-refractivity contribution >= 4 is 5.91 Å². The molecule has 0 aromatic carbocycles. The summed E-state index contributed by atoms with van der Waals surface area (Å²) in [4.78, 5) is 13.6. The van der Waals surface area contributed by atoms with Crippen LogP contribution in [0, 0.1) is 6.92 Å². The molecule has 0 saturated heterocycles. The Labute approximate surface area is 107 Å². The van der Waals surface area contributed by atoms with Gasteiger partial charge in [0.1, 0.15) is 5.76 Å². The van der Waals surface area contributed by atoms with E-state index in [0.29, 0.717) is 13.2 Å². The Hall–Kier alpha value is -1.37. The highest BCUT2D eigenvalue weighted by Crippen LogP contribution is 2.16. The Kier molecular flexibility index (Phi) is 5.84. The van der Waals surface area contributed by atoms with E-state index in [9.17, 15) is 4.79 Å². The minimum absolute atomic E-state index is 0.273. The van der Waals surface area contributed by atoms with Crippen molar-refractivity contribution in [3.05, 3.63) is 23.2 Å². The highest BCUT2D eigenvalue weighted by molar-refractivity contribution is 5.92. The van der Waals surface area contributed by atoms with Crippen LogP contribution < -0.4 is 11.3 Å². The van der Waals surface area contributed by atoms with E-state index in [1.165, 1.54) is 0 Å². The Bertz CT molecular complexity index is 390. The molecule has 1 heterocycles. The smallest absolute Gasteiger partial charge is 0.301 e. The number of aryl methyl sites for hydroxylation is 1. The normalized spacial score (nSPS) is 10.9. The number of hydrazine groups is 1. The van der Waals surface area contributed by atoms with E-state index in [1.807, 2.05) is 13.0 Å². The molecular weight excluding hydrogens is 234 g/mol. The van der Waals surface area contributed by atoms with Crippen molar-refractivity contribution in [3.8, 4) is 0 Å². The van der Waals surface area contributed by atoms with Crippen LogP contribution in [0.5, 0.6) is 0 Å². The van der Waals surface area contributed by atoms with Gasteiger partial charge in [-0.05, 0) is 19.5 Å². The standard InChI is InChI=1S/C12H21N3O3/c1-4-15(5-6-17-3)8-10-7-9(2)11(18-10)12(16)14-13/h7H,4-6,8,13H2,1-3H3,(H,14,16). The lowest BCUT2D eigenvalue weighted by molar-refractivity contribution is 0.0919. The number of hydrogen-bond donors (Lipinski definition) is 2. The summed E-state index contributed by atoms with van der Waals surface area (Å²) < 4.78 is 10.5. The van der Waals surface area contributed by atoms with Crippen molar-refractivity contribution in [2.45, 2.75) is 20.4 Å². The van der Waals surface area contributed by atoms with Crippen LogP contribution in [0.25, 0.3) is 0 Å². The first-order valence-corrected chi connectivity index (χ1v) is 5.93. The van der Waals surface area contributed by atoms with Gasteiger partial charge in [-0.3, -0.25) is 15.1 Å². The van der Waals surface area contributed by atoms with Gasteiger partial charge in [0.15, 0.2) is 5.76 Å². The van der Waals surface area contributed by atoms with Crippen LogP contribution >= 0.6 is 0 Å². The summed E-state index contributed by atoms with van der Waals surface area (Å²) in [5.74, 6) is 5.71. The van der Waals surface area contributed by atoms with Gasteiger partial charge in [0.25, 0.3) is 0 Å². The maximum absolute atomic E-state index is 11.4. The molecule has 0 spiro atoms. The fraction of sp³-hybridized carbons (Fsp3) is 0.583. The van der Waals surface area contributed by atoms with Gasteiger partial charge in [0, 0.05) is 19.2 Å². The first kappa shape index (κ1) is 14.7. The lowest BCUT2D eigenvalue weighted by Gasteiger charge is -2.18. The average molecular weight is 255 g/mol. The molecule has 0 aliphatic carbocycles. The molecule has 0 aliphatic heterocycles. The van der Waals surface area contributed by atoms with Crippen molar-refractivity contribution < 1.29 is 13.9 Å². The second-order valence-corrected chi connectivity index (χ2v) is 4.06. The van der Waals surface area contributed by atoms with E-state index in [2.05, 4.69) is 17.2 Å². The molecule has 1 aromatic rings. The lowest BCUT2D eigenvalue weighted by atomic mass is 10.2. The van der Waals surface area contributed by atoms with Gasteiger partial charge in [0.05, 0.1) is 13.2 Å². The number of likely N-dealkylation sites (N-methyl/N-ethyl adjacent to an activating group) is 1. The number of hydrogen-bond acceptors (Lipinski definition) is 5. The number of nitrogens with zero attached hydrogens (tertiary/aromatic N) is 1. The average Bonchev–Trinajstić information content (AvgIpc) is 2.74. The quantitative estimate of drug-likeness (QED) is 0.425. The fourth-order valence-corrected chi connectivity index (χ4v) is 1.71. The van der Waals surface area contributed by atoms with E-state index < -0.39 is 5.91 Å². The minimum atomic E-state index is -0.404. The number of nitrogens with one attached hydrogen (secondary N) is 1. The summed E-state index contributed by atoms with van der Waals surface area (Å²) >= 11 is 0. The number of carbonyl (C=O) groups is 1. The lowest BCUT2D eigenvalue weighted by Crippen LogP contribution is -2.30. The molecule has 0 aliphatic rings. The minimum Gasteiger partial charge on any atom is -0.454 e. The van der Waals surface area contributed by atoms with Gasteiger partial charge in [-0.2, -0.15) is 0 Å². The zero-order valence-electron chi connectivity index (χ0n) is 11.2. The molecule has 1 amide bonds. The third kappa shape index (κ3) is 3.83. The zero-order valence-corrected chi connectivity index (χ0v) is 11.2. The number of carbonyl (C=O) groups excluding carboxylic acids is 1. The third-order valence-electron chi connectivity index (χ3n) is 2.74. The second kappa shape index (κ2) is 7.15. The van der Waals surface area contributed by atoms with Gasteiger partial charge in [-0.1, -0.05) is 6.92 Å². The summed E-state index contributed by atoms with van der Waals surface area (Å²) in [6.07, 6.45) is 0. The van der Waals surface area contributed by atoms with Crippen molar-refractivity contribution in [1.29, 1.82) is 0 Å². The molecule has 0 radical (unpaired) electrons. The first-order chi connectivity index (χ1) is 8.62. The molecule has 1 aromatic heterocycles. The van der Waals surface area contributed by atoms with Gasteiger partial charge in [-0.25, -0.2) is 5.84 Å². The van der Waals surface area contributed by atoms with Crippen molar-refractivity contribution in [2.75, 3.05) is 26.8 Å². The molecule has 0 saturated carbocycles. The number of rotatable bonds is 7. The van der Waals surface area contributed by atoms with Crippen molar-refractivity contribution in [1.82, 2.24) is 10.3 Å². The number of ether oxygens (including phenoxy) is 1. The Morgan fingerprint density at radius 3 is 2.89 bits per heavy atom. The van der Waals surface area contributed by atoms with E-state index in [-0.39, 0.29) is 5.76 Å². The van der Waals surface area contributed by atoms with E-state index in [0.717, 1.165) is 24.4 Å². The predicted octanol–water partition coefficient (Wildman–Crippen LogP) is 0.660. The molecule has 3 N–H and O–H groups in total. The molecule has 0 unspecified atom stereocenters. The van der Waals surface area contributed by atoms with Gasteiger partial charge >= 0.3 is 5.91 Å². The molecule has 0 bridgehead atoms. The van der Waals surface area contributed by atoms with Gasteiger partial charge in [-0.15, -0.1) is 0 Å². The van der Waals surface area contributed by atoms with E-state index in [4.69, 9.17) is 15.0 Å². The topological polar surface area (TPSA) is 80.7 Å². The first-order valence-electron chi connectivity index (χ1n) is 5.93. The van der Waals surface area contributed by atoms with Crippen LogP contribution in [0.3, 0.4) is 0 Å². The Morgan fingerprint density at radius 2 is 2.33 bits per heavy atom. The van der Waals surface area contributed by atoms with Crippen LogP contribution in [0.2, 0.25) is 0 Å². The maximum Gasteiger partial charge on any atom is 0.301 e. The monoisotopic (exact) mass is 255 g/mol. The molecule has 0 atom stereocenters. The molecular formula is C12H21N3O3. The SMILES string of the molecule is CCN(CCOC)Cc1cc(C)c(C(=O)NN)o1. The van der Waals surface area contributed by atoms with Crippen molar-refractivity contribution in [3.63, 3.8) is 0 Å².